The fourth-order valence-electron chi connectivity index (χ4n) is 3.18. The van der Waals surface area contributed by atoms with Gasteiger partial charge in [0.05, 0.1) is 30.5 Å². The fourth-order valence-corrected chi connectivity index (χ4v) is 3.18. The van der Waals surface area contributed by atoms with Gasteiger partial charge in [-0.15, -0.1) is 0 Å². The molecule has 0 spiro atoms. The lowest BCUT2D eigenvalue weighted by molar-refractivity contribution is -0.384. The first kappa shape index (κ1) is 28.0. The number of benzene rings is 2. The van der Waals surface area contributed by atoms with Gasteiger partial charge in [0.25, 0.3) is 11.6 Å². The van der Waals surface area contributed by atoms with E-state index < -0.39 is 34.6 Å². The second kappa shape index (κ2) is 14.2. The summed E-state index contributed by atoms with van der Waals surface area (Å²) in [7, 11) is 0. The maximum atomic E-state index is 12.8. The molecule has 11 heteroatoms. The summed E-state index contributed by atoms with van der Waals surface area (Å²) in [6.45, 7) is 3.68. The van der Waals surface area contributed by atoms with Gasteiger partial charge in [-0.05, 0) is 37.1 Å². The number of nitrogens with zero attached hydrogens (tertiary/aromatic N) is 1. The third kappa shape index (κ3) is 8.82. The van der Waals surface area contributed by atoms with E-state index in [4.69, 9.17) is 9.47 Å². The first-order valence-corrected chi connectivity index (χ1v) is 11.5. The van der Waals surface area contributed by atoms with Gasteiger partial charge in [0, 0.05) is 23.4 Å². The van der Waals surface area contributed by atoms with Crippen molar-refractivity contribution in [2.24, 2.45) is 0 Å². The standard InChI is InChI=1S/C25H29N3O8/c1-3-5-13-36-22(29)15-21(25(32)26-16-23(30)35-4-2)17-9-11-19(12-10-17)27-24(31)18-7-6-8-20(14-18)28(33)34/h6-12,14,21H,3-5,13,15-16H2,1-2H3,(H,26,32)(H,27,31). The van der Waals surface area contributed by atoms with E-state index in [1.807, 2.05) is 6.92 Å². The van der Waals surface area contributed by atoms with Gasteiger partial charge in [-0.3, -0.25) is 29.3 Å². The van der Waals surface area contributed by atoms with Crippen molar-refractivity contribution in [1.82, 2.24) is 5.32 Å². The molecular weight excluding hydrogens is 470 g/mol. The van der Waals surface area contributed by atoms with E-state index in [-0.39, 0.29) is 37.4 Å². The smallest absolute Gasteiger partial charge is 0.325 e. The zero-order valence-corrected chi connectivity index (χ0v) is 20.2. The van der Waals surface area contributed by atoms with Gasteiger partial charge in [-0.2, -0.15) is 0 Å². The summed E-state index contributed by atoms with van der Waals surface area (Å²) in [6.07, 6.45) is 1.31. The van der Waals surface area contributed by atoms with Crippen LogP contribution in [0.2, 0.25) is 0 Å². The lowest BCUT2D eigenvalue weighted by Crippen LogP contribution is -2.35. The summed E-state index contributed by atoms with van der Waals surface area (Å²) in [4.78, 5) is 59.5. The quantitative estimate of drug-likeness (QED) is 0.184. The van der Waals surface area contributed by atoms with Crippen molar-refractivity contribution in [3.05, 3.63) is 69.8 Å². The Bertz CT molecular complexity index is 1080. The molecule has 2 N–H and O–H groups in total. The van der Waals surface area contributed by atoms with Crippen LogP contribution in [0.4, 0.5) is 11.4 Å². The number of carbonyl (C=O) groups excluding carboxylic acids is 4. The molecule has 0 saturated carbocycles. The van der Waals surface area contributed by atoms with Crippen LogP contribution in [0.5, 0.6) is 0 Å². The number of amides is 2. The van der Waals surface area contributed by atoms with E-state index in [2.05, 4.69) is 10.6 Å². The molecule has 1 unspecified atom stereocenters. The molecule has 1 atom stereocenters. The van der Waals surface area contributed by atoms with Crippen molar-refractivity contribution in [2.75, 3.05) is 25.1 Å². The lowest BCUT2D eigenvalue weighted by Gasteiger charge is -2.17. The van der Waals surface area contributed by atoms with E-state index in [9.17, 15) is 29.3 Å². The highest BCUT2D eigenvalue weighted by molar-refractivity contribution is 6.04. The van der Waals surface area contributed by atoms with Gasteiger partial charge in [0.2, 0.25) is 5.91 Å². The molecule has 0 radical (unpaired) electrons. The van der Waals surface area contributed by atoms with Crippen LogP contribution in [0.3, 0.4) is 0 Å². The molecule has 2 rings (SSSR count). The summed E-state index contributed by atoms with van der Waals surface area (Å²) in [5, 5.41) is 16.0. The lowest BCUT2D eigenvalue weighted by atomic mass is 9.94. The Kier molecular flexibility index (Phi) is 11.0. The number of anilines is 1. The fraction of sp³-hybridized carbons (Fsp3) is 0.360. The molecule has 2 aromatic rings. The third-order valence-electron chi connectivity index (χ3n) is 5.05. The second-order valence-electron chi connectivity index (χ2n) is 7.74. The Balaban J connectivity index is 2.14. The van der Waals surface area contributed by atoms with Crippen LogP contribution in [0.15, 0.2) is 48.5 Å². The van der Waals surface area contributed by atoms with Gasteiger partial charge in [0.1, 0.15) is 6.54 Å². The van der Waals surface area contributed by atoms with Crippen molar-refractivity contribution in [3.8, 4) is 0 Å². The van der Waals surface area contributed by atoms with Crippen molar-refractivity contribution in [3.63, 3.8) is 0 Å². The van der Waals surface area contributed by atoms with Crippen molar-refractivity contribution in [1.29, 1.82) is 0 Å². The number of non-ortho nitro benzene ring substituents is 1. The van der Waals surface area contributed by atoms with Crippen LogP contribution in [0.25, 0.3) is 0 Å². The highest BCUT2D eigenvalue weighted by Gasteiger charge is 2.25. The minimum atomic E-state index is -0.935. The van der Waals surface area contributed by atoms with Gasteiger partial charge in [-0.25, -0.2) is 0 Å². The largest absolute Gasteiger partial charge is 0.466 e. The monoisotopic (exact) mass is 499 g/mol. The van der Waals surface area contributed by atoms with Crippen LogP contribution in [-0.4, -0.2) is 48.4 Å². The Morgan fingerprint density at radius 2 is 1.72 bits per heavy atom. The molecular formula is C25H29N3O8. The molecule has 2 aromatic carbocycles. The predicted molar refractivity (Wildman–Crippen MR) is 130 cm³/mol. The number of hydrogen-bond donors (Lipinski definition) is 2. The minimum absolute atomic E-state index is 0.110. The van der Waals surface area contributed by atoms with Gasteiger partial charge >= 0.3 is 11.9 Å². The molecule has 192 valence electrons. The normalized spacial score (nSPS) is 11.2. The second-order valence-corrected chi connectivity index (χ2v) is 7.74. The number of nitro benzene ring substituents is 1. The van der Waals surface area contributed by atoms with Crippen LogP contribution in [0, 0.1) is 10.1 Å². The SMILES string of the molecule is CCCCOC(=O)CC(C(=O)NCC(=O)OCC)c1ccc(NC(=O)c2cccc([N+](=O)[O-])c2)cc1. The zero-order valence-electron chi connectivity index (χ0n) is 20.2. The molecule has 0 aromatic heterocycles. The van der Waals surface area contributed by atoms with Crippen molar-refractivity contribution in [2.45, 2.75) is 39.0 Å². The van der Waals surface area contributed by atoms with Gasteiger partial charge in [0.15, 0.2) is 0 Å². The molecule has 36 heavy (non-hydrogen) atoms. The number of nitrogens with one attached hydrogen (secondary N) is 2. The molecule has 0 aliphatic heterocycles. The van der Waals surface area contributed by atoms with Crippen LogP contribution in [0.1, 0.15) is 54.9 Å². The van der Waals surface area contributed by atoms with E-state index in [0.29, 0.717) is 17.7 Å². The van der Waals surface area contributed by atoms with E-state index in [1.54, 1.807) is 31.2 Å². The molecule has 2 amide bonds. The van der Waals surface area contributed by atoms with Crippen LogP contribution >= 0.6 is 0 Å². The first-order valence-electron chi connectivity index (χ1n) is 11.5. The third-order valence-corrected chi connectivity index (χ3v) is 5.05. The zero-order chi connectivity index (χ0) is 26.5. The molecule has 0 aliphatic carbocycles. The number of esters is 2. The number of nitro groups is 1. The Morgan fingerprint density at radius 1 is 1.00 bits per heavy atom. The predicted octanol–water partition coefficient (Wildman–Crippen LogP) is 3.34. The Morgan fingerprint density at radius 3 is 2.36 bits per heavy atom. The van der Waals surface area contributed by atoms with Gasteiger partial charge < -0.3 is 20.1 Å². The summed E-state index contributed by atoms with van der Waals surface area (Å²) < 4.78 is 10.00. The van der Waals surface area contributed by atoms with Crippen molar-refractivity contribution >= 4 is 35.1 Å². The summed E-state index contributed by atoms with van der Waals surface area (Å²) in [6, 6.07) is 11.5. The number of carbonyl (C=O) groups is 4. The molecule has 11 nitrogen and oxygen atoms in total. The first-order chi connectivity index (χ1) is 17.2. The Labute approximate surface area is 208 Å². The van der Waals surface area contributed by atoms with Crippen LogP contribution < -0.4 is 10.6 Å². The van der Waals surface area contributed by atoms with E-state index >= 15 is 0 Å². The summed E-state index contributed by atoms with van der Waals surface area (Å²) in [5.41, 5.74) is 0.753. The molecule has 0 heterocycles. The minimum Gasteiger partial charge on any atom is -0.466 e. The van der Waals surface area contributed by atoms with E-state index in [0.717, 1.165) is 12.5 Å². The molecule has 0 saturated heterocycles. The summed E-state index contributed by atoms with van der Waals surface area (Å²) >= 11 is 0. The highest BCUT2D eigenvalue weighted by atomic mass is 16.6. The van der Waals surface area contributed by atoms with Gasteiger partial charge in [-0.1, -0.05) is 31.5 Å². The average molecular weight is 500 g/mol. The molecule has 0 aliphatic rings. The topological polar surface area (TPSA) is 154 Å². The number of ether oxygens (including phenoxy) is 2. The van der Waals surface area contributed by atoms with E-state index in [1.165, 1.54) is 18.2 Å². The molecule has 0 bridgehead atoms. The number of unbranched alkanes of at least 4 members (excludes halogenated alkanes) is 1. The average Bonchev–Trinajstić information content (AvgIpc) is 2.87. The number of rotatable bonds is 13. The number of hydrogen-bond acceptors (Lipinski definition) is 8. The highest BCUT2D eigenvalue weighted by Crippen LogP contribution is 2.23. The van der Waals surface area contributed by atoms with Crippen LogP contribution in [-0.2, 0) is 23.9 Å². The maximum Gasteiger partial charge on any atom is 0.325 e. The summed E-state index contributed by atoms with van der Waals surface area (Å²) in [5.74, 6) is -3.19. The Hall–Kier alpha value is -4.28. The van der Waals surface area contributed by atoms with Crippen molar-refractivity contribution < 1.29 is 33.6 Å². The maximum absolute atomic E-state index is 12.8. The molecule has 0 fully saturated rings.